The lowest BCUT2D eigenvalue weighted by molar-refractivity contribution is 0.0518. The monoisotopic (exact) mass is 235 g/mol. The Balaban J connectivity index is 2.43. The quantitative estimate of drug-likeness (QED) is 0.817. The molecule has 1 N–H and O–H groups in total. The first-order valence-corrected chi connectivity index (χ1v) is 6.55. The zero-order chi connectivity index (χ0) is 12.4. The van der Waals surface area contributed by atoms with Crippen LogP contribution in [0.5, 0.6) is 0 Å². The SMILES string of the molecule is CCOC(=O)c1[nH]c2c(c1C(C)C)CCCC2. The lowest BCUT2D eigenvalue weighted by atomic mass is 9.90. The van der Waals surface area contributed by atoms with Gasteiger partial charge in [-0.05, 0) is 49.7 Å². The van der Waals surface area contributed by atoms with Crippen molar-refractivity contribution in [1.29, 1.82) is 0 Å². The van der Waals surface area contributed by atoms with Crippen molar-refractivity contribution in [2.45, 2.75) is 52.4 Å². The second-order valence-corrected chi connectivity index (χ2v) is 4.95. The summed E-state index contributed by atoms with van der Waals surface area (Å²) in [6.07, 6.45) is 4.60. The topological polar surface area (TPSA) is 42.1 Å². The predicted octanol–water partition coefficient (Wildman–Crippen LogP) is 3.19. The first-order chi connectivity index (χ1) is 8.15. The van der Waals surface area contributed by atoms with Crippen molar-refractivity contribution in [2.75, 3.05) is 6.61 Å². The molecule has 0 atom stereocenters. The number of aromatic amines is 1. The Morgan fingerprint density at radius 2 is 2.06 bits per heavy atom. The highest BCUT2D eigenvalue weighted by Gasteiger charge is 2.25. The van der Waals surface area contributed by atoms with Gasteiger partial charge in [0.15, 0.2) is 0 Å². The van der Waals surface area contributed by atoms with E-state index in [2.05, 4.69) is 18.8 Å². The van der Waals surface area contributed by atoms with Crippen LogP contribution in [0, 0.1) is 0 Å². The van der Waals surface area contributed by atoms with Gasteiger partial charge in [0.05, 0.1) is 6.61 Å². The Kier molecular flexibility index (Phi) is 3.55. The molecular formula is C14H21NO2. The highest BCUT2D eigenvalue weighted by Crippen LogP contribution is 2.32. The minimum atomic E-state index is -0.203. The van der Waals surface area contributed by atoms with Crippen molar-refractivity contribution in [1.82, 2.24) is 4.98 Å². The standard InChI is InChI=1S/C14H21NO2/c1-4-17-14(16)13-12(9(2)3)10-7-5-6-8-11(10)15-13/h9,15H,4-8H2,1-3H3. The predicted molar refractivity (Wildman–Crippen MR) is 67.5 cm³/mol. The van der Waals surface area contributed by atoms with E-state index in [1.165, 1.54) is 29.7 Å². The van der Waals surface area contributed by atoms with Gasteiger partial charge < -0.3 is 9.72 Å². The molecule has 94 valence electrons. The molecule has 1 aromatic heterocycles. The minimum Gasteiger partial charge on any atom is -0.461 e. The average molecular weight is 235 g/mol. The van der Waals surface area contributed by atoms with Crippen molar-refractivity contribution >= 4 is 5.97 Å². The maximum Gasteiger partial charge on any atom is 0.355 e. The number of hydrogen-bond donors (Lipinski definition) is 1. The molecule has 0 aromatic carbocycles. The molecule has 0 fully saturated rings. The highest BCUT2D eigenvalue weighted by molar-refractivity contribution is 5.90. The molecule has 2 rings (SSSR count). The van der Waals surface area contributed by atoms with E-state index in [1.54, 1.807) is 0 Å². The maximum atomic E-state index is 11.9. The number of aromatic nitrogens is 1. The number of nitrogens with one attached hydrogen (secondary N) is 1. The normalized spacial score (nSPS) is 14.8. The zero-order valence-corrected chi connectivity index (χ0v) is 10.9. The largest absolute Gasteiger partial charge is 0.461 e. The van der Waals surface area contributed by atoms with Crippen LogP contribution in [0.15, 0.2) is 0 Å². The smallest absolute Gasteiger partial charge is 0.355 e. The molecule has 1 aliphatic carbocycles. The molecule has 1 aliphatic rings. The number of aryl methyl sites for hydroxylation is 1. The van der Waals surface area contributed by atoms with Crippen LogP contribution >= 0.6 is 0 Å². The lowest BCUT2D eigenvalue weighted by Crippen LogP contribution is -2.09. The van der Waals surface area contributed by atoms with Gasteiger partial charge in [0.2, 0.25) is 0 Å². The molecule has 0 saturated heterocycles. The van der Waals surface area contributed by atoms with Crippen molar-refractivity contribution in [3.05, 3.63) is 22.5 Å². The number of carbonyl (C=O) groups excluding carboxylic acids is 1. The number of H-pyrrole nitrogens is 1. The van der Waals surface area contributed by atoms with Gasteiger partial charge in [-0.2, -0.15) is 0 Å². The van der Waals surface area contributed by atoms with Gasteiger partial charge in [0, 0.05) is 5.69 Å². The first kappa shape index (κ1) is 12.2. The van der Waals surface area contributed by atoms with E-state index < -0.39 is 0 Å². The summed E-state index contributed by atoms with van der Waals surface area (Å²) in [6, 6.07) is 0. The van der Waals surface area contributed by atoms with Crippen molar-refractivity contribution in [2.24, 2.45) is 0 Å². The Bertz CT molecular complexity index is 418. The van der Waals surface area contributed by atoms with Crippen LogP contribution in [0.3, 0.4) is 0 Å². The van der Waals surface area contributed by atoms with E-state index in [1.807, 2.05) is 6.92 Å². The first-order valence-electron chi connectivity index (χ1n) is 6.55. The van der Waals surface area contributed by atoms with E-state index in [-0.39, 0.29) is 5.97 Å². The summed E-state index contributed by atoms with van der Waals surface area (Å²) in [5, 5.41) is 0. The van der Waals surface area contributed by atoms with E-state index >= 15 is 0 Å². The third-order valence-corrected chi connectivity index (χ3v) is 3.40. The summed E-state index contributed by atoms with van der Waals surface area (Å²) in [4.78, 5) is 15.2. The molecule has 3 nitrogen and oxygen atoms in total. The fourth-order valence-corrected chi connectivity index (χ4v) is 2.71. The van der Waals surface area contributed by atoms with Gasteiger partial charge in [-0.3, -0.25) is 0 Å². The summed E-state index contributed by atoms with van der Waals surface area (Å²) in [5.74, 6) is 0.165. The van der Waals surface area contributed by atoms with Crippen molar-refractivity contribution < 1.29 is 9.53 Å². The molecular weight excluding hydrogens is 214 g/mol. The summed E-state index contributed by atoms with van der Waals surface area (Å²) in [7, 11) is 0. The number of hydrogen-bond acceptors (Lipinski definition) is 2. The van der Waals surface area contributed by atoms with Crippen LogP contribution < -0.4 is 0 Å². The molecule has 0 unspecified atom stereocenters. The number of esters is 1. The maximum absolute atomic E-state index is 11.9. The van der Waals surface area contributed by atoms with E-state index in [9.17, 15) is 4.79 Å². The third kappa shape index (κ3) is 2.24. The molecule has 0 radical (unpaired) electrons. The van der Waals surface area contributed by atoms with Gasteiger partial charge in [0.25, 0.3) is 0 Å². The van der Waals surface area contributed by atoms with Crippen LogP contribution in [-0.2, 0) is 17.6 Å². The van der Waals surface area contributed by atoms with Gasteiger partial charge in [0.1, 0.15) is 5.69 Å². The van der Waals surface area contributed by atoms with Crippen LogP contribution in [-0.4, -0.2) is 17.6 Å². The van der Waals surface area contributed by atoms with Crippen LogP contribution in [0.1, 0.15) is 66.8 Å². The number of ether oxygens (including phenoxy) is 1. The molecule has 0 amide bonds. The van der Waals surface area contributed by atoms with Gasteiger partial charge >= 0.3 is 5.97 Å². The Morgan fingerprint density at radius 3 is 2.71 bits per heavy atom. The van der Waals surface area contributed by atoms with Gasteiger partial charge in [-0.15, -0.1) is 0 Å². The summed E-state index contributed by atoms with van der Waals surface area (Å²) in [6.45, 7) is 6.55. The van der Waals surface area contributed by atoms with Gasteiger partial charge in [-0.25, -0.2) is 4.79 Å². The minimum absolute atomic E-state index is 0.203. The Morgan fingerprint density at radius 1 is 1.35 bits per heavy atom. The summed E-state index contributed by atoms with van der Waals surface area (Å²) in [5.41, 5.74) is 4.49. The van der Waals surface area contributed by atoms with Crippen LogP contribution in [0.25, 0.3) is 0 Å². The highest BCUT2D eigenvalue weighted by atomic mass is 16.5. The van der Waals surface area contributed by atoms with E-state index in [0.717, 1.165) is 12.8 Å². The average Bonchev–Trinajstić information content (AvgIpc) is 2.68. The van der Waals surface area contributed by atoms with Gasteiger partial charge in [-0.1, -0.05) is 13.8 Å². The number of fused-ring (bicyclic) bond motifs is 1. The molecule has 17 heavy (non-hydrogen) atoms. The summed E-state index contributed by atoms with van der Waals surface area (Å²) >= 11 is 0. The molecule has 1 aromatic rings. The van der Waals surface area contributed by atoms with Crippen molar-refractivity contribution in [3.8, 4) is 0 Å². The Hall–Kier alpha value is -1.25. The van der Waals surface area contributed by atoms with Crippen molar-refractivity contribution in [3.63, 3.8) is 0 Å². The fraction of sp³-hybridized carbons (Fsp3) is 0.643. The van der Waals surface area contributed by atoms with E-state index in [0.29, 0.717) is 18.2 Å². The van der Waals surface area contributed by atoms with Crippen LogP contribution in [0.2, 0.25) is 0 Å². The number of carbonyl (C=O) groups is 1. The molecule has 0 saturated carbocycles. The summed E-state index contributed by atoms with van der Waals surface area (Å²) < 4.78 is 5.13. The number of rotatable bonds is 3. The second kappa shape index (κ2) is 4.94. The second-order valence-electron chi connectivity index (χ2n) is 4.95. The Labute approximate surface area is 103 Å². The van der Waals surface area contributed by atoms with E-state index in [4.69, 9.17) is 4.74 Å². The molecule has 0 bridgehead atoms. The molecule has 0 spiro atoms. The molecule has 0 aliphatic heterocycles. The van der Waals surface area contributed by atoms with Crippen LogP contribution in [0.4, 0.5) is 0 Å². The lowest BCUT2D eigenvalue weighted by Gasteiger charge is -2.14. The third-order valence-electron chi connectivity index (χ3n) is 3.40. The fourth-order valence-electron chi connectivity index (χ4n) is 2.71. The molecule has 3 heteroatoms. The zero-order valence-electron chi connectivity index (χ0n) is 10.9. The molecule has 1 heterocycles.